The standard InChI is InChI=1S/C26H29ClN2O/c1-3-12-28-26(30)21-5-4-20-15-22(18-6-8-23(27)9-7-18)17-24(25(20)16-21)19-10-13-29(2)14-11-19/h4-9,15-17,19H,3,10-14H2,1-2H3,(H,28,30). The number of hydrogen-bond acceptors (Lipinski definition) is 2. The number of nitrogens with zero attached hydrogens (tertiary/aromatic N) is 1. The normalized spacial score (nSPS) is 15.4. The van der Waals surface area contributed by atoms with E-state index in [9.17, 15) is 4.79 Å². The van der Waals surface area contributed by atoms with Crippen LogP contribution in [0.25, 0.3) is 21.9 Å². The number of piperidine rings is 1. The number of hydrogen-bond donors (Lipinski definition) is 1. The van der Waals surface area contributed by atoms with Gasteiger partial charge in [-0.05, 0) is 103 Å². The zero-order valence-electron chi connectivity index (χ0n) is 17.7. The van der Waals surface area contributed by atoms with Gasteiger partial charge < -0.3 is 10.2 Å². The molecule has 1 saturated heterocycles. The summed E-state index contributed by atoms with van der Waals surface area (Å²) in [4.78, 5) is 15.0. The highest BCUT2D eigenvalue weighted by molar-refractivity contribution is 6.30. The lowest BCUT2D eigenvalue weighted by atomic mass is 9.84. The molecule has 1 amide bonds. The summed E-state index contributed by atoms with van der Waals surface area (Å²) in [5.41, 5.74) is 4.47. The second kappa shape index (κ2) is 9.20. The minimum atomic E-state index is 0.00913. The number of nitrogens with one attached hydrogen (secondary N) is 1. The van der Waals surface area contributed by atoms with Crippen LogP contribution in [-0.4, -0.2) is 37.5 Å². The average Bonchev–Trinajstić information content (AvgIpc) is 2.77. The minimum Gasteiger partial charge on any atom is -0.352 e. The summed E-state index contributed by atoms with van der Waals surface area (Å²) in [6.07, 6.45) is 3.22. The predicted octanol–water partition coefficient (Wildman–Crippen LogP) is 6.11. The molecule has 4 rings (SSSR count). The van der Waals surface area contributed by atoms with Crippen LogP contribution >= 0.6 is 11.6 Å². The first-order chi connectivity index (χ1) is 14.5. The quantitative estimate of drug-likeness (QED) is 0.540. The van der Waals surface area contributed by atoms with E-state index in [0.717, 1.165) is 42.9 Å². The van der Waals surface area contributed by atoms with Gasteiger partial charge in [-0.1, -0.05) is 42.8 Å². The molecule has 4 heteroatoms. The van der Waals surface area contributed by atoms with E-state index < -0.39 is 0 Å². The van der Waals surface area contributed by atoms with E-state index in [0.29, 0.717) is 12.5 Å². The number of likely N-dealkylation sites (tertiary alicyclic amines) is 1. The lowest BCUT2D eigenvalue weighted by Gasteiger charge is -2.30. The van der Waals surface area contributed by atoms with Crippen LogP contribution in [0.15, 0.2) is 54.6 Å². The van der Waals surface area contributed by atoms with E-state index in [-0.39, 0.29) is 5.91 Å². The van der Waals surface area contributed by atoms with Crippen LogP contribution in [0.5, 0.6) is 0 Å². The monoisotopic (exact) mass is 420 g/mol. The summed E-state index contributed by atoms with van der Waals surface area (Å²) in [7, 11) is 2.19. The van der Waals surface area contributed by atoms with Crippen LogP contribution in [0.2, 0.25) is 5.02 Å². The van der Waals surface area contributed by atoms with Crippen LogP contribution < -0.4 is 5.32 Å². The summed E-state index contributed by atoms with van der Waals surface area (Å²) in [6, 6.07) is 18.7. The van der Waals surface area contributed by atoms with Crippen molar-refractivity contribution in [2.24, 2.45) is 0 Å². The number of halogens is 1. The molecule has 0 unspecified atom stereocenters. The zero-order chi connectivity index (χ0) is 21.1. The van der Waals surface area contributed by atoms with E-state index in [2.05, 4.69) is 60.6 Å². The number of carbonyl (C=O) groups is 1. The van der Waals surface area contributed by atoms with Gasteiger partial charge in [0.1, 0.15) is 0 Å². The molecule has 1 aliphatic rings. The predicted molar refractivity (Wildman–Crippen MR) is 126 cm³/mol. The highest BCUT2D eigenvalue weighted by atomic mass is 35.5. The van der Waals surface area contributed by atoms with Crippen molar-refractivity contribution in [3.63, 3.8) is 0 Å². The first-order valence-corrected chi connectivity index (χ1v) is 11.2. The number of benzene rings is 3. The Bertz CT molecular complexity index is 1040. The minimum absolute atomic E-state index is 0.00913. The third kappa shape index (κ3) is 4.53. The van der Waals surface area contributed by atoms with Gasteiger partial charge in [0, 0.05) is 17.1 Å². The van der Waals surface area contributed by atoms with Crippen molar-refractivity contribution >= 4 is 28.3 Å². The molecule has 0 aliphatic carbocycles. The lowest BCUT2D eigenvalue weighted by molar-refractivity contribution is 0.0954. The van der Waals surface area contributed by atoms with Crippen molar-refractivity contribution in [1.29, 1.82) is 0 Å². The van der Waals surface area contributed by atoms with Crippen molar-refractivity contribution in [2.75, 3.05) is 26.7 Å². The van der Waals surface area contributed by atoms with Gasteiger partial charge in [-0.3, -0.25) is 4.79 Å². The van der Waals surface area contributed by atoms with E-state index in [1.165, 1.54) is 27.5 Å². The second-order valence-electron chi connectivity index (χ2n) is 8.34. The summed E-state index contributed by atoms with van der Waals surface area (Å²) < 4.78 is 0. The fraction of sp³-hybridized carbons (Fsp3) is 0.346. The second-order valence-corrected chi connectivity index (χ2v) is 8.78. The molecular formula is C26H29ClN2O. The molecule has 3 nitrogen and oxygen atoms in total. The van der Waals surface area contributed by atoms with Gasteiger partial charge in [-0.25, -0.2) is 0 Å². The summed E-state index contributed by atoms with van der Waals surface area (Å²) in [6.45, 7) is 4.98. The third-order valence-electron chi connectivity index (χ3n) is 6.12. The van der Waals surface area contributed by atoms with E-state index >= 15 is 0 Å². The highest BCUT2D eigenvalue weighted by Crippen LogP contribution is 2.37. The Hall–Kier alpha value is -2.36. The van der Waals surface area contributed by atoms with Gasteiger partial charge in [0.25, 0.3) is 5.91 Å². The summed E-state index contributed by atoms with van der Waals surface area (Å²) in [5, 5.41) is 6.13. The number of amides is 1. The lowest BCUT2D eigenvalue weighted by Crippen LogP contribution is -2.29. The Morgan fingerprint density at radius 2 is 1.77 bits per heavy atom. The molecule has 30 heavy (non-hydrogen) atoms. The van der Waals surface area contributed by atoms with Crippen LogP contribution in [0, 0.1) is 0 Å². The van der Waals surface area contributed by atoms with Crippen molar-refractivity contribution in [2.45, 2.75) is 32.1 Å². The summed E-state index contributed by atoms with van der Waals surface area (Å²) in [5.74, 6) is 0.514. The molecule has 0 atom stereocenters. The molecule has 0 spiro atoms. The Kier molecular flexibility index (Phi) is 6.40. The molecule has 1 fully saturated rings. The van der Waals surface area contributed by atoms with Crippen LogP contribution in [0.1, 0.15) is 48.0 Å². The molecule has 0 saturated carbocycles. The molecule has 1 heterocycles. The van der Waals surface area contributed by atoms with E-state index in [1.807, 2.05) is 18.2 Å². The Morgan fingerprint density at radius 3 is 2.47 bits per heavy atom. The summed E-state index contributed by atoms with van der Waals surface area (Å²) >= 11 is 6.10. The Morgan fingerprint density at radius 1 is 1.03 bits per heavy atom. The van der Waals surface area contributed by atoms with Gasteiger partial charge >= 0.3 is 0 Å². The largest absolute Gasteiger partial charge is 0.352 e. The van der Waals surface area contributed by atoms with Crippen LogP contribution in [0.3, 0.4) is 0 Å². The van der Waals surface area contributed by atoms with Gasteiger partial charge in [-0.15, -0.1) is 0 Å². The average molecular weight is 421 g/mol. The van der Waals surface area contributed by atoms with Gasteiger partial charge in [-0.2, -0.15) is 0 Å². The SMILES string of the molecule is CCCNC(=O)c1ccc2cc(-c3ccc(Cl)cc3)cc(C3CCN(C)CC3)c2c1. The molecule has 1 aliphatic heterocycles. The first-order valence-electron chi connectivity index (χ1n) is 10.9. The van der Waals surface area contributed by atoms with Gasteiger partial charge in [0.15, 0.2) is 0 Å². The van der Waals surface area contributed by atoms with Gasteiger partial charge in [0.05, 0.1) is 0 Å². The molecule has 0 aromatic heterocycles. The van der Waals surface area contributed by atoms with Crippen LogP contribution in [0.4, 0.5) is 0 Å². The Balaban J connectivity index is 1.80. The molecule has 3 aromatic carbocycles. The molecule has 1 N–H and O–H groups in total. The van der Waals surface area contributed by atoms with Crippen LogP contribution in [-0.2, 0) is 0 Å². The highest BCUT2D eigenvalue weighted by Gasteiger charge is 2.21. The number of carbonyl (C=O) groups excluding carboxylic acids is 1. The smallest absolute Gasteiger partial charge is 0.251 e. The first kappa shape index (κ1) is 20.9. The molecule has 3 aromatic rings. The fourth-order valence-electron chi connectivity index (χ4n) is 4.33. The molecule has 156 valence electrons. The van der Waals surface area contributed by atoms with E-state index in [4.69, 9.17) is 11.6 Å². The van der Waals surface area contributed by atoms with E-state index in [1.54, 1.807) is 0 Å². The molecule has 0 bridgehead atoms. The number of rotatable bonds is 5. The zero-order valence-corrected chi connectivity index (χ0v) is 18.5. The van der Waals surface area contributed by atoms with Crippen molar-refractivity contribution in [3.05, 3.63) is 70.7 Å². The van der Waals surface area contributed by atoms with Gasteiger partial charge in [0.2, 0.25) is 0 Å². The van der Waals surface area contributed by atoms with Crippen molar-refractivity contribution in [1.82, 2.24) is 10.2 Å². The maximum absolute atomic E-state index is 12.6. The van der Waals surface area contributed by atoms with Crippen molar-refractivity contribution < 1.29 is 4.79 Å². The Labute approximate surface area is 184 Å². The topological polar surface area (TPSA) is 32.3 Å². The fourth-order valence-corrected chi connectivity index (χ4v) is 4.46. The maximum atomic E-state index is 12.6. The number of fused-ring (bicyclic) bond motifs is 1. The third-order valence-corrected chi connectivity index (χ3v) is 6.37. The molecule has 0 radical (unpaired) electrons. The van der Waals surface area contributed by atoms with Crippen molar-refractivity contribution in [3.8, 4) is 11.1 Å². The molecular weight excluding hydrogens is 392 g/mol. The maximum Gasteiger partial charge on any atom is 0.251 e.